The first-order valence-electron chi connectivity index (χ1n) is 16.2. The molecule has 1 aromatic heterocycles. The zero-order valence-corrected chi connectivity index (χ0v) is 28.5. The molecule has 3 heterocycles. The number of carbonyl (C=O) groups is 2. The average molecular weight is 720 g/mol. The molecule has 5 aromatic rings. The van der Waals surface area contributed by atoms with Crippen molar-refractivity contribution in [2.75, 3.05) is 11.5 Å². The highest BCUT2D eigenvalue weighted by atomic mass is 79.9. The Labute approximate surface area is 291 Å². The van der Waals surface area contributed by atoms with Crippen LogP contribution in [-0.2, 0) is 34.7 Å². The topological polar surface area (TPSA) is 116 Å². The van der Waals surface area contributed by atoms with Crippen molar-refractivity contribution in [1.29, 1.82) is 0 Å². The van der Waals surface area contributed by atoms with Crippen molar-refractivity contribution in [3.63, 3.8) is 0 Å². The smallest absolute Gasteiger partial charge is 0.279 e. The van der Waals surface area contributed by atoms with Crippen LogP contribution in [0.3, 0.4) is 0 Å². The van der Waals surface area contributed by atoms with Crippen LogP contribution in [0.2, 0.25) is 0 Å². The largest absolute Gasteiger partial charge is 0.394 e. The second-order valence-corrected chi connectivity index (χ2v) is 13.6. The fourth-order valence-corrected chi connectivity index (χ4v) is 7.35. The average Bonchev–Trinajstić information content (AvgIpc) is 3.33. The van der Waals surface area contributed by atoms with Crippen molar-refractivity contribution < 1.29 is 19.8 Å². The molecule has 0 radical (unpaired) electrons. The van der Waals surface area contributed by atoms with Crippen molar-refractivity contribution in [3.8, 4) is 5.69 Å². The monoisotopic (exact) mass is 718 g/mol. The van der Waals surface area contributed by atoms with Gasteiger partial charge in [-0.25, -0.2) is 0 Å². The van der Waals surface area contributed by atoms with Gasteiger partial charge in [0.1, 0.15) is 0 Å². The number of rotatable bonds is 8. The summed E-state index contributed by atoms with van der Waals surface area (Å²) < 4.78 is 2.06. The van der Waals surface area contributed by atoms with E-state index in [0.29, 0.717) is 35.3 Å². The quantitative estimate of drug-likeness (QED) is 0.208. The zero-order valence-electron chi connectivity index (χ0n) is 26.9. The maximum atomic E-state index is 14.2. The highest BCUT2D eigenvalue weighted by molar-refractivity contribution is 9.10. The molecule has 0 saturated carbocycles. The number of halogens is 1. The standard InChI is InChI=1S/C39H35BrN4O5/c1-25(8-6-15-36(46)42-23-29-12-3-2-10-27(29)19-32(42)24-45)39(49)34-20-30(40)16-17-35(34)43(38(39)48)22-26-9-7-13-31(18-26)44-37(47)33-14-5-4-11-28(33)21-41-44/h2-14,16-18,20-21,25,32,45,49H,15,19,22-24H2,1H3/b8-6+/t25-,32-,39+/m0/s1. The van der Waals surface area contributed by atoms with Crippen molar-refractivity contribution in [2.24, 2.45) is 5.92 Å². The van der Waals surface area contributed by atoms with E-state index in [2.05, 4.69) is 21.0 Å². The molecule has 2 aliphatic heterocycles. The lowest BCUT2D eigenvalue weighted by Crippen LogP contribution is -2.46. The Hall–Kier alpha value is -4.90. The molecule has 0 aliphatic carbocycles. The molecule has 0 fully saturated rings. The number of benzene rings is 4. The molecule has 10 heteroatoms. The lowest BCUT2D eigenvalue weighted by Gasteiger charge is -2.36. The van der Waals surface area contributed by atoms with E-state index in [1.54, 1.807) is 59.3 Å². The summed E-state index contributed by atoms with van der Waals surface area (Å²) in [4.78, 5) is 44.0. The van der Waals surface area contributed by atoms with Crippen LogP contribution in [0.25, 0.3) is 16.5 Å². The zero-order chi connectivity index (χ0) is 34.3. The number of fused-ring (bicyclic) bond motifs is 3. The van der Waals surface area contributed by atoms with Crippen LogP contribution in [-0.4, -0.2) is 49.4 Å². The Morgan fingerprint density at radius 1 is 1.02 bits per heavy atom. The normalized spacial score (nSPS) is 19.3. The van der Waals surface area contributed by atoms with Gasteiger partial charge in [-0.3, -0.25) is 14.4 Å². The third-order valence-corrected chi connectivity index (χ3v) is 10.2. The summed E-state index contributed by atoms with van der Waals surface area (Å²) in [6.45, 7) is 2.21. The molecular formula is C39H35BrN4O5. The van der Waals surface area contributed by atoms with Crippen molar-refractivity contribution >= 4 is 44.2 Å². The fourth-order valence-electron chi connectivity index (χ4n) is 6.99. The second-order valence-electron chi connectivity index (χ2n) is 12.7. The number of carbonyl (C=O) groups excluding carboxylic acids is 2. The fraction of sp³-hybridized carbons (Fsp3) is 0.231. The van der Waals surface area contributed by atoms with Gasteiger partial charge in [-0.1, -0.05) is 89.6 Å². The van der Waals surface area contributed by atoms with Crippen LogP contribution in [0.1, 0.15) is 35.6 Å². The summed E-state index contributed by atoms with van der Waals surface area (Å²) in [6.07, 6.45) is 5.73. The van der Waals surface area contributed by atoms with E-state index in [1.807, 2.05) is 66.7 Å². The Morgan fingerprint density at radius 2 is 1.80 bits per heavy atom. The molecule has 0 bridgehead atoms. The predicted octanol–water partition coefficient (Wildman–Crippen LogP) is 5.41. The van der Waals surface area contributed by atoms with Gasteiger partial charge >= 0.3 is 0 Å². The second kappa shape index (κ2) is 13.2. The van der Waals surface area contributed by atoms with Gasteiger partial charge in [0.2, 0.25) is 5.91 Å². The molecule has 248 valence electrons. The first-order chi connectivity index (χ1) is 23.7. The van der Waals surface area contributed by atoms with Crippen LogP contribution in [0.5, 0.6) is 0 Å². The summed E-state index contributed by atoms with van der Waals surface area (Å²) in [6, 6.07) is 27.6. The number of anilines is 1. The Kier molecular flexibility index (Phi) is 8.79. The third-order valence-electron chi connectivity index (χ3n) is 9.69. The van der Waals surface area contributed by atoms with E-state index < -0.39 is 17.4 Å². The number of hydrogen-bond donors (Lipinski definition) is 2. The molecule has 0 spiro atoms. The number of hydrogen-bond acceptors (Lipinski definition) is 6. The maximum absolute atomic E-state index is 14.2. The van der Waals surface area contributed by atoms with Gasteiger partial charge in [0.25, 0.3) is 11.5 Å². The van der Waals surface area contributed by atoms with Crippen molar-refractivity contribution in [2.45, 2.75) is 44.5 Å². The number of amides is 2. The molecule has 2 aliphatic rings. The summed E-state index contributed by atoms with van der Waals surface area (Å²) in [5, 5.41) is 27.9. The highest BCUT2D eigenvalue weighted by Crippen LogP contribution is 2.46. The molecule has 49 heavy (non-hydrogen) atoms. The molecule has 2 amide bonds. The van der Waals surface area contributed by atoms with Crippen molar-refractivity contribution in [1.82, 2.24) is 14.7 Å². The van der Waals surface area contributed by atoms with E-state index in [0.717, 1.165) is 26.5 Å². The van der Waals surface area contributed by atoms with Gasteiger partial charge in [0, 0.05) is 34.3 Å². The first kappa shape index (κ1) is 32.6. The SMILES string of the molecule is C[C@@H](/C=C/CC(=O)N1Cc2ccccc2C[C@H]1CO)[C@]1(O)C(=O)N(Cc2cccc(-n3ncc4ccccc4c3=O)c2)c2ccc(Br)cc21. The minimum absolute atomic E-state index is 0.0668. The van der Waals surface area contributed by atoms with Gasteiger partial charge in [-0.05, 0) is 59.5 Å². The minimum Gasteiger partial charge on any atom is -0.394 e. The lowest BCUT2D eigenvalue weighted by molar-refractivity contribution is -0.139. The molecular weight excluding hydrogens is 684 g/mol. The Bertz CT molecular complexity index is 2180. The summed E-state index contributed by atoms with van der Waals surface area (Å²) in [5.74, 6) is -1.29. The van der Waals surface area contributed by atoms with Gasteiger partial charge in [-0.15, -0.1) is 0 Å². The van der Waals surface area contributed by atoms with Crippen LogP contribution >= 0.6 is 15.9 Å². The first-order valence-corrected chi connectivity index (χ1v) is 17.0. The van der Waals surface area contributed by atoms with E-state index >= 15 is 0 Å². The van der Waals surface area contributed by atoms with E-state index in [4.69, 9.17) is 0 Å². The summed E-state index contributed by atoms with van der Waals surface area (Å²) in [7, 11) is 0. The van der Waals surface area contributed by atoms with Crippen LogP contribution < -0.4 is 10.5 Å². The van der Waals surface area contributed by atoms with Gasteiger partial charge in [0.05, 0.1) is 42.2 Å². The number of aliphatic hydroxyl groups excluding tert-OH is 1. The summed E-state index contributed by atoms with van der Waals surface area (Å²) >= 11 is 3.50. The van der Waals surface area contributed by atoms with Gasteiger partial charge in [-0.2, -0.15) is 9.78 Å². The van der Waals surface area contributed by atoms with E-state index in [-0.39, 0.29) is 37.1 Å². The molecule has 3 atom stereocenters. The van der Waals surface area contributed by atoms with Crippen LogP contribution in [0.15, 0.2) is 119 Å². The molecule has 7 rings (SSSR count). The van der Waals surface area contributed by atoms with E-state index in [1.165, 1.54) is 4.68 Å². The molecule has 9 nitrogen and oxygen atoms in total. The number of aliphatic hydroxyl groups is 2. The molecule has 4 aromatic carbocycles. The van der Waals surface area contributed by atoms with E-state index in [9.17, 15) is 24.6 Å². The van der Waals surface area contributed by atoms with Crippen LogP contribution in [0, 0.1) is 5.92 Å². The number of aromatic nitrogens is 2. The minimum atomic E-state index is -1.88. The van der Waals surface area contributed by atoms with Crippen molar-refractivity contribution in [3.05, 3.63) is 146 Å². The highest BCUT2D eigenvalue weighted by Gasteiger charge is 2.52. The molecule has 0 saturated heterocycles. The maximum Gasteiger partial charge on any atom is 0.279 e. The Morgan fingerprint density at radius 3 is 2.61 bits per heavy atom. The lowest BCUT2D eigenvalue weighted by atomic mass is 9.83. The predicted molar refractivity (Wildman–Crippen MR) is 191 cm³/mol. The summed E-state index contributed by atoms with van der Waals surface area (Å²) in [5.41, 5.74) is 2.43. The van der Waals surface area contributed by atoms with Gasteiger partial charge < -0.3 is 20.0 Å². The Balaban J connectivity index is 1.12. The number of nitrogens with zero attached hydrogens (tertiary/aromatic N) is 4. The van der Waals surface area contributed by atoms with Gasteiger partial charge in [0.15, 0.2) is 5.60 Å². The third kappa shape index (κ3) is 5.90. The molecule has 2 N–H and O–H groups in total. The van der Waals surface area contributed by atoms with Crippen LogP contribution in [0.4, 0.5) is 5.69 Å². The molecule has 0 unspecified atom stereocenters.